The zero-order chi connectivity index (χ0) is 21.9. The monoisotopic (exact) mass is 409 g/mol. The normalized spacial score (nSPS) is 15.9. The highest BCUT2D eigenvalue weighted by molar-refractivity contribution is 5.45. The first kappa shape index (κ1) is 27.4. The molecule has 1 aromatic carbocycles. The number of nitrogens with zero attached hydrogens (tertiary/aromatic N) is 1. The average molecular weight is 410 g/mol. The molecule has 0 aromatic heterocycles. The fourth-order valence-corrected chi connectivity index (χ4v) is 3.12. The van der Waals surface area contributed by atoms with Crippen LogP contribution in [0.25, 0.3) is 0 Å². The minimum atomic E-state index is 0.368. The number of likely N-dealkylation sites (tertiary alicyclic amines) is 1. The van der Waals surface area contributed by atoms with Gasteiger partial charge in [0.05, 0.1) is 6.10 Å². The molecule has 168 valence electrons. The Hall–Kier alpha value is -1.63. The molecule has 1 saturated heterocycles. The van der Waals surface area contributed by atoms with Crippen LogP contribution in [0.4, 0.5) is 0 Å². The summed E-state index contributed by atoms with van der Waals surface area (Å²) in [5.74, 6) is 0.368. The number of methoxy groups -OCH3 is 1. The maximum Gasteiger partial charge on any atom is 0.207 e. The third-order valence-electron chi connectivity index (χ3n) is 4.60. The first-order chi connectivity index (χ1) is 14.1. The van der Waals surface area contributed by atoms with Gasteiger partial charge in [-0.25, -0.2) is 0 Å². The summed E-state index contributed by atoms with van der Waals surface area (Å²) in [5.41, 5.74) is 2.60. The van der Waals surface area contributed by atoms with E-state index in [1.54, 1.807) is 13.2 Å². The van der Waals surface area contributed by atoms with Crippen LogP contribution in [-0.2, 0) is 22.5 Å². The van der Waals surface area contributed by atoms with Gasteiger partial charge in [0.1, 0.15) is 5.75 Å². The lowest BCUT2D eigenvalue weighted by Crippen LogP contribution is -2.40. The molecular formula is C23H43N3O3. The SMILES string of the molecule is CC.CCC.COC1CCN(CCNC=O)CC1.Oc1ccc2c(c1)CNCC2. The van der Waals surface area contributed by atoms with Gasteiger partial charge in [-0.1, -0.05) is 40.2 Å². The quantitative estimate of drug-likeness (QED) is 0.514. The molecule has 2 aliphatic rings. The Morgan fingerprint density at radius 2 is 1.90 bits per heavy atom. The van der Waals surface area contributed by atoms with Crippen molar-refractivity contribution >= 4 is 6.41 Å². The van der Waals surface area contributed by atoms with Crippen molar-refractivity contribution in [3.63, 3.8) is 0 Å². The van der Waals surface area contributed by atoms with E-state index in [0.29, 0.717) is 11.9 Å². The molecule has 0 atom stereocenters. The second kappa shape index (κ2) is 18.4. The molecule has 6 nitrogen and oxygen atoms in total. The molecule has 2 aliphatic heterocycles. The molecule has 0 saturated carbocycles. The third kappa shape index (κ3) is 12.5. The number of benzene rings is 1. The Morgan fingerprint density at radius 3 is 2.48 bits per heavy atom. The van der Waals surface area contributed by atoms with Gasteiger partial charge in [0.2, 0.25) is 6.41 Å². The highest BCUT2D eigenvalue weighted by Crippen LogP contribution is 2.18. The number of fused-ring (bicyclic) bond motifs is 1. The van der Waals surface area contributed by atoms with Crippen LogP contribution in [0.3, 0.4) is 0 Å². The Kier molecular flexibility index (Phi) is 17.4. The lowest BCUT2D eigenvalue weighted by Gasteiger charge is -2.30. The molecule has 0 unspecified atom stereocenters. The zero-order valence-corrected chi connectivity index (χ0v) is 19.2. The van der Waals surface area contributed by atoms with E-state index in [0.717, 1.165) is 64.9 Å². The fraction of sp³-hybridized carbons (Fsp3) is 0.696. The largest absolute Gasteiger partial charge is 0.508 e. The highest BCUT2D eigenvalue weighted by atomic mass is 16.5. The van der Waals surface area contributed by atoms with Crippen LogP contribution in [0.15, 0.2) is 18.2 Å². The second-order valence-electron chi connectivity index (χ2n) is 6.94. The number of rotatable bonds is 5. The van der Waals surface area contributed by atoms with Gasteiger partial charge in [-0.05, 0) is 49.1 Å². The zero-order valence-electron chi connectivity index (χ0n) is 19.2. The molecular weight excluding hydrogens is 366 g/mol. The first-order valence-electron chi connectivity index (χ1n) is 11.1. The summed E-state index contributed by atoms with van der Waals surface area (Å²) in [5, 5.41) is 15.1. The smallest absolute Gasteiger partial charge is 0.207 e. The summed E-state index contributed by atoms with van der Waals surface area (Å²) >= 11 is 0. The number of carbonyl (C=O) groups is 1. The fourth-order valence-electron chi connectivity index (χ4n) is 3.12. The number of aromatic hydroxyl groups is 1. The summed E-state index contributed by atoms with van der Waals surface area (Å²) in [6.07, 6.45) is 5.74. The van der Waals surface area contributed by atoms with Gasteiger partial charge >= 0.3 is 0 Å². The summed E-state index contributed by atoms with van der Waals surface area (Å²) in [6.45, 7) is 14.1. The molecule has 6 heteroatoms. The minimum Gasteiger partial charge on any atom is -0.508 e. The van der Waals surface area contributed by atoms with Crippen molar-refractivity contribution < 1.29 is 14.6 Å². The van der Waals surface area contributed by atoms with Gasteiger partial charge in [-0.15, -0.1) is 0 Å². The first-order valence-corrected chi connectivity index (χ1v) is 11.1. The molecule has 29 heavy (non-hydrogen) atoms. The lowest BCUT2D eigenvalue weighted by atomic mass is 10.0. The van der Waals surface area contributed by atoms with Crippen LogP contribution in [-0.4, -0.2) is 62.4 Å². The molecule has 0 aliphatic carbocycles. The van der Waals surface area contributed by atoms with Crippen molar-refractivity contribution in [2.45, 2.75) is 66.0 Å². The summed E-state index contributed by atoms with van der Waals surface area (Å²) < 4.78 is 5.27. The van der Waals surface area contributed by atoms with Crippen LogP contribution in [0.1, 0.15) is 58.1 Å². The maximum absolute atomic E-state index is 10.00. The topological polar surface area (TPSA) is 73.8 Å². The molecule has 0 radical (unpaired) electrons. The Bertz CT molecular complexity index is 518. The van der Waals surface area contributed by atoms with E-state index in [-0.39, 0.29) is 0 Å². The van der Waals surface area contributed by atoms with Crippen molar-refractivity contribution in [1.82, 2.24) is 15.5 Å². The molecule has 2 heterocycles. The van der Waals surface area contributed by atoms with Crippen LogP contribution in [0, 0.1) is 0 Å². The van der Waals surface area contributed by atoms with Gasteiger partial charge in [-0.2, -0.15) is 0 Å². The number of hydrogen-bond acceptors (Lipinski definition) is 5. The Labute approximate surface area is 178 Å². The predicted octanol–water partition coefficient (Wildman–Crippen LogP) is 3.32. The van der Waals surface area contributed by atoms with Crippen LogP contribution in [0.2, 0.25) is 0 Å². The number of ether oxygens (including phenoxy) is 1. The number of piperidine rings is 1. The maximum atomic E-state index is 10.00. The van der Waals surface area contributed by atoms with Crippen molar-refractivity contribution in [2.24, 2.45) is 0 Å². The van der Waals surface area contributed by atoms with Gasteiger partial charge in [0, 0.05) is 39.8 Å². The van der Waals surface area contributed by atoms with Crippen molar-refractivity contribution in [2.75, 3.05) is 39.8 Å². The lowest BCUT2D eigenvalue weighted by molar-refractivity contribution is -0.109. The molecule has 1 amide bonds. The highest BCUT2D eigenvalue weighted by Gasteiger charge is 2.17. The number of phenols is 1. The average Bonchev–Trinajstić information content (AvgIpc) is 2.77. The van der Waals surface area contributed by atoms with E-state index in [2.05, 4.69) is 29.4 Å². The molecule has 1 fully saturated rings. The minimum absolute atomic E-state index is 0.368. The molecule has 1 aromatic rings. The van der Waals surface area contributed by atoms with Gasteiger partial charge in [0.25, 0.3) is 0 Å². The standard InChI is InChI=1S/C9H18N2O2.C9H11NO.C3H8.C2H6/c1-13-9-2-5-11(6-3-9)7-4-10-8-12;11-9-2-1-7-3-4-10-6-8(7)5-9;1-3-2;1-2/h8-9H,2-7H2,1H3,(H,10,12);1-2,5,10-11H,3-4,6H2;3H2,1-2H3;1-2H3. The van der Waals surface area contributed by atoms with Crippen molar-refractivity contribution in [3.05, 3.63) is 29.3 Å². The van der Waals surface area contributed by atoms with Gasteiger partial charge in [0.15, 0.2) is 0 Å². The molecule has 0 bridgehead atoms. The summed E-state index contributed by atoms with van der Waals surface area (Å²) in [7, 11) is 1.77. The number of amides is 1. The van der Waals surface area contributed by atoms with E-state index in [1.807, 2.05) is 26.0 Å². The van der Waals surface area contributed by atoms with E-state index >= 15 is 0 Å². The van der Waals surface area contributed by atoms with E-state index in [1.165, 1.54) is 17.5 Å². The van der Waals surface area contributed by atoms with Crippen LogP contribution < -0.4 is 10.6 Å². The molecule has 3 N–H and O–H groups in total. The number of phenolic OH excluding ortho intramolecular Hbond substituents is 1. The second-order valence-corrected chi connectivity index (χ2v) is 6.94. The summed E-state index contributed by atoms with van der Waals surface area (Å²) in [4.78, 5) is 12.3. The Balaban J connectivity index is 0.000000446. The third-order valence-corrected chi connectivity index (χ3v) is 4.60. The number of hydrogen-bond donors (Lipinski definition) is 3. The molecule has 0 spiro atoms. The van der Waals surface area contributed by atoms with E-state index in [4.69, 9.17) is 9.84 Å². The van der Waals surface area contributed by atoms with Gasteiger partial charge < -0.3 is 25.4 Å². The Morgan fingerprint density at radius 1 is 1.24 bits per heavy atom. The van der Waals surface area contributed by atoms with E-state index in [9.17, 15) is 4.79 Å². The van der Waals surface area contributed by atoms with Crippen molar-refractivity contribution in [1.29, 1.82) is 0 Å². The van der Waals surface area contributed by atoms with Crippen LogP contribution >= 0.6 is 0 Å². The van der Waals surface area contributed by atoms with Crippen molar-refractivity contribution in [3.8, 4) is 5.75 Å². The summed E-state index contributed by atoms with van der Waals surface area (Å²) in [6, 6.07) is 5.59. The predicted molar refractivity (Wildman–Crippen MR) is 121 cm³/mol. The van der Waals surface area contributed by atoms with E-state index < -0.39 is 0 Å². The number of carbonyl (C=O) groups excluding carboxylic acids is 1. The molecule has 3 rings (SSSR count). The van der Waals surface area contributed by atoms with Gasteiger partial charge in [-0.3, -0.25) is 4.79 Å². The van der Waals surface area contributed by atoms with Crippen LogP contribution in [0.5, 0.6) is 5.75 Å². The number of nitrogens with one attached hydrogen (secondary N) is 2.